The molecule has 0 radical (unpaired) electrons. The number of piperazine rings is 1. The van der Waals surface area contributed by atoms with Crippen LogP contribution in [-0.2, 0) is 14.8 Å². The molecule has 3 rings (SSSR count). The van der Waals surface area contributed by atoms with Crippen molar-refractivity contribution in [1.82, 2.24) is 9.21 Å². The molecule has 29 heavy (non-hydrogen) atoms. The number of rotatable bonds is 5. The number of carbonyl (C=O) groups is 1. The molecule has 1 atom stereocenters. The number of ether oxygens (including phenoxy) is 1. The van der Waals surface area contributed by atoms with Crippen LogP contribution in [0.25, 0.3) is 0 Å². The van der Waals surface area contributed by atoms with Crippen molar-refractivity contribution in [3.63, 3.8) is 0 Å². The summed E-state index contributed by atoms with van der Waals surface area (Å²) in [6, 6.07) is 12.7. The number of sulfonamides is 1. The number of hydrogen-bond acceptors (Lipinski definition) is 4. The van der Waals surface area contributed by atoms with Crippen LogP contribution in [0.2, 0.25) is 0 Å². The summed E-state index contributed by atoms with van der Waals surface area (Å²) in [6.07, 6.45) is -0.625. The molecule has 1 aliphatic rings. The predicted octanol–water partition coefficient (Wildman–Crippen LogP) is 2.91. The lowest BCUT2D eigenvalue weighted by Crippen LogP contribution is -2.53. The monoisotopic (exact) mass is 416 g/mol. The van der Waals surface area contributed by atoms with Crippen LogP contribution in [0.15, 0.2) is 47.4 Å². The molecule has 1 amide bonds. The largest absolute Gasteiger partial charge is 0.481 e. The van der Waals surface area contributed by atoms with Gasteiger partial charge in [-0.15, -0.1) is 0 Å². The van der Waals surface area contributed by atoms with Crippen LogP contribution < -0.4 is 4.74 Å². The van der Waals surface area contributed by atoms with E-state index in [1.165, 1.54) is 4.31 Å². The van der Waals surface area contributed by atoms with Crippen molar-refractivity contribution < 1.29 is 17.9 Å². The summed E-state index contributed by atoms with van der Waals surface area (Å²) < 4.78 is 33.1. The Balaban J connectivity index is 1.62. The van der Waals surface area contributed by atoms with Crippen molar-refractivity contribution in [2.75, 3.05) is 26.2 Å². The Morgan fingerprint density at radius 1 is 0.966 bits per heavy atom. The van der Waals surface area contributed by atoms with Gasteiger partial charge in [0.25, 0.3) is 5.91 Å². The molecule has 0 saturated carbocycles. The Morgan fingerprint density at radius 3 is 2.28 bits per heavy atom. The minimum atomic E-state index is -3.56. The van der Waals surface area contributed by atoms with Crippen LogP contribution in [0.1, 0.15) is 23.6 Å². The van der Waals surface area contributed by atoms with Gasteiger partial charge in [-0.05, 0) is 68.7 Å². The highest BCUT2D eigenvalue weighted by Gasteiger charge is 2.32. The summed E-state index contributed by atoms with van der Waals surface area (Å²) in [5, 5.41) is 0. The molecule has 0 spiro atoms. The maximum atomic E-state index is 12.9. The quantitative estimate of drug-likeness (QED) is 0.752. The fourth-order valence-corrected chi connectivity index (χ4v) is 4.88. The van der Waals surface area contributed by atoms with Gasteiger partial charge in [0, 0.05) is 26.2 Å². The lowest BCUT2D eigenvalue weighted by atomic mass is 10.1. The lowest BCUT2D eigenvalue weighted by Gasteiger charge is -2.35. The molecule has 0 bridgehead atoms. The number of aryl methyl sites for hydroxylation is 3. The molecule has 156 valence electrons. The molecule has 0 N–H and O–H groups in total. The minimum absolute atomic E-state index is 0.130. The number of carbonyl (C=O) groups excluding carboxylic acids is 1. The van der Waals surface area contributed by atoms with Crippen LogP contribution >= 0.6 is 0 Å². The smallest absolute Gasteiger partial charge is 0.263 e. The Hall–Kier alpha value is -2.38. The van der Waals surface area contributed by atoms with E-state index in [-0.39, 0.29) is 19.0 Å². The van der Waals surface area contributed by atoms with Crippen molar-refractivity contribution >= 4 is 15.9 Å². The standard InChI is InChI=1S/C22H28N2O4S/c1-16-6-5-7-20(14-16)28-19(4)22(25)23-10-12-24(13-11-23)29(26,27)21-9-8-17(2)18(3)15-21/h5-9,14-15,19H,10-13H2,1-4H3/t19-/m1/s1. The highest BCUT2D eigenvalue weighted by atomic mass is 32.2. The number of benzene rings is 2. The molecule has 6 nitrogen and oxygen atoms in total. The molecular weight excluding hydrogens is 388 g/mol. The van der Waals surface area contributed by atoms with E-state index in [9.17, 15) is 13.2 Å². The van der Waals surface area contributed by atoms with Gasteiger partial charge in [-0.1, -0.05) is 18.2 Å². The third-order valence-corrected chi connectivity index (χ3v) is 7.21. The Kier molecular flexibility index (Phi) is 6.29. The fourth-order valence-electron chi connectivity index (χ4n) is 3.37. The SMILES string of the molecule is Cc1cccc(O[C@H](C)C(=O)N2CCN(S(=O)(=O)c3ccc(C)c(C)c3)CC2)c1. The molecule has 1 saturated heterocycles. The van der Waals surface area contributed by atoms with Gasteiger partial charge in [-0.25, -0.2) is 8.42 Å². The topological polar surface area (TPSA) is 66.9 Å². The highest BCUT2D eigenvalue weighted by molar-refractivity contribution is 7.89. The van der Waals surface area contributed by atoms with Crippen molar-refractivity contribution in [1.29, 1.82) is 0 Å². The van der Waals surface area contributed by atoms with Gasteiger partial charge in [0.05, 0.1) is 4.90 Å². The average molecular weight is 417 g/mol. The number of amides is 1. The second-order valence-electron chi connectivity index (χ2n) is 7.55. The van der Waals surface area contributed by atoms with E-state index >= 15 is 0 Å². The molecule has 2 aromatic rings. The Bertz CT molecular complexity index is 996. The zero-order valence-electron chi connectivity index (χ0n) is 17.4. The summed E-state index contributed by atoms with van der Waals surface area (Å²) in [4.78, 5) is 14.7. The molecule has 1 aliphatic heterocycles. The third kappa shape index (κ3) is 4.79. The van der Waals surface area contributed by atoms with Gasteiger partial charge >= 0.3 is 0 Å². The molecule has 0 aliphatic carbocycles. The second-order valence-corrected chi connectivity index (χ2v) is 9.49. The first kappa shape index (κ1) is 21.3. The number of hydrogen-bond donors (Lipinski definition) is 0. The predicted molar refractivity (Wildman–Crippen MR) is 113 cm³/mol. The van der Waals surface area contributed by atoms with Gasteiger partial charge in [0.15, 0.2) is 6.10 Å². The van der Waals surface area contributed by atoms with E-state index in [0.717, 1.165) is 16.7 Å². The lowest BCUT2D eigenvalue weighted by molar-refractivity contribution is -0.139. The maximum Gasteiger partial charge on any atom is 0.263 e. The van der Waals surface area contributed by atoms with Crippen LogP contribution in [-0.4, -0.2) is 55.8 Å². The Labute approximate surface area is 173 Å². The van der Waals surface area contributed by atoms with Gasteiger partial charge < -0.3 is 9.64 Å². The van der Waals surface area contributed by atoms with Crippen molar-refractivity contribution in [3.8, 4) is 5.75 Å². The summed E-state index contributed by atoms with van der Waals surface area (Å²) in [5.74, 6) is 0.525. The molecule has 0 unspecified atom stereocenters. The van der Waals surface area contributed by atoms with Crippen molar-refractivity contribution in [2.24, 2.45) is 0 Å². The minimum Gasteiger partial charge on any atom is -0.481 e. The third-order valence-electron chi connectivity index (χ3n) is 5.32. The summed E-state index contributed by atoms with van der Waals surface area (Å²) in [7, 11) is -3.56. The van der Waals surface area contributed by atoms with Crippen LogP contribution in [0.3, 0.4) is 0 Å². The summed E-state index contributed by atoms with van der Waals surface area (Å²) >= 11 is 0. The van der Waals surface area contributed by atoms with E-state index in [0.29, 0.717) is 23.7 Å². The maximum absolute atomic E-state index is 12.9. The molecule has 7 heteroatoms. The molecule has 1 fully saturated rings. The van der Waals surface area contributed by atoms with E-state index in [1.807, 2.05) is 51.1 Å². The second kappa shape index (κ2) is 8.55. The zero-order chi connectivity index (χ0) is 21.2. The van der Waals surface area contributed by atoms with E-state index in [4.69, 9.17) is 4.74 Å². The van der Waals surface area contributed by atoms with Crippen LogP contribution in [0, 0.1) is 20.8 Å². The normalized spacial score (nSPS) is 16.5. The fraction of sp³-hybridized carbons (Fsp3) is 0.409. The van der Waals surface area contributed by atoms with Gasteiger partial charge in [-0.2, -0.15) is 4.31 Å². The van der Waals surface area contributed by atoms with E-state index in [2.05, 4.69) is 0 Å². The molecule has 0 aromatic heterocycles. The molecular formula is C22H28N2O4S. The highest BCUT2D eigenvalue weighted by Crippen LogP contribution is 2.21. The average Bonchev–Trinajstić information content (AvgIpc) is 2.69. The van der Waals surface area contributed by atoms with Crippen molar-refractivity contribution in [3.05, 3.63) is 59.2 Å². The van der Waals surface area contributed by atoms with Gasteiger partial charge in [0.1, 0.15) is 5.75 Å². The summed E-state index contributed by atoms with van der Waals surface area (Å²) in [5.41, 5.74) is 3.07. The number of nitrogens with zero attached hydrogens (tertiary/aromatic N) is 2. The molecule has 1 heterocycles. The van der Waals surface area contributed by atoms with Crippen LogP contribution in [0.4, 0.5) is 0 Å². The van der Waals surface area contributed by atoms with Crippen LogP contribution in [0.5, 0.6) is 5.75 Å². The Morgan fingerprint density at radius 2 is 1.66 bits per heavy atom. The molecule has 2 aromatic carbocycles. The van der Waals surface area contributed by atoms with E-state index < -0.39 is 16.1 Å². The van der Waals surface area contributed by atoms with E-state index in [1.54, 1.807) is 24.0 Å². The van der Waals surface area contributed by atoms with Gasteiger partial charge in [-0.3, -0.25) is 4.79 Å². The van der Waals surface area contributed by atoms with Gasteiger partial charge in [0.2, 0.25) is 10.0 Å². The first-order valence-corrected chi connectivity index (χ1v) is 11.2. The van der Waals surface area contributed by atoms with Crippen molar-refractivity contribution in [2.45, 2.75) is 38.7 Å². The first-order chi connectivity index (χ1) is 13.7. The summed E-state index contributed by atoms with van der Waals surface area (Å²) in [6.45, 7) is 8.80. The first-order valence-electron chi connectivity index (χ1n) is 9.78. The zero-order valence-corrected chi connectivity index (χ0v) is 18.2.